The lowest BCUT2D eigenvalue weighted by atomic mass is 9.84. The third kappa shape index (κ3) is 2.26. The fourth-order valence-electron chi connectivity index (χ4n) is 3.68. The lowest BCUT2D eigenvalue weighted by Gasteiger charge is -2.27. The molecule has 0 spiro atoms. The number of anilines is 1. The second-order valence-corrected chi connectivity index (χ2v) is 5.71. The Morgan fingerprint density at radius 2 is 2.30 bits per heavy atom. The highest BCUT2D eigenvalue weighted by atomic mass is 16.5. The summed E-state index contributed by atoms with van der Waals surface area (Å²) in [4.78, 5) is 16.6. The average Bonchev–Trinajstić information content (AvgIpc) is 3.02. The number of pyridine rings is 1. The number of rotatable bonds is 4. The topological polar surface area (TPSA) is 77.2 Å². The Morgan fingerprint density at radius 1 is 1.50 bits per heavy atom. The molecule has 5 heteroatoms. The molecule has 2 bridgehead atoms. The lowest BCUT2D eigenvalue weighted by molar-refractivity contribution is -0.121. The van der Waals surface area contributed by atoms with Crippen LogP contribution in [0, 0.1) is 17.8 Å². The number of fused-ring (bicyclic) bond motifs is 2. The predicted octanol–water partition coefficient (Wildman–Crippen LogP) is 1.79. The monoisotopic (exact) mass is 275 g/mol. The van der Waals surface area contributed by atoms with Crippen LogP contribution in [0.1, 0.15) is 26.2 Å². The summed E-state index contributed by atoms with van der Waals surface area (Å²) in [5, 5.41) is 2.95. The van der Waals surface area contributed by atoms with Crippen molar-refractivity contribution in [1.29, 1.82) is 0 Å². The number of aromatic nitrogens is 1. The van der Waals surface area contributed by atoms with Gasteiger partial charge in [0.1, 0.15) is 5.69 Å². The Labute approximate surface area is 118 Å². The van der Waals surface area contributed by atoms with Crippen molar-refractivity contribution < 1.29 is 9.53 Å². The van der Waals surface area contributed by atoms with Crippen LogP contribution in [0.3, 0.4) is 0 Å². The van der Waals surface area contributed by atoms with E-state index in [9.17, 15) is 4.79 Å². The van der Waals surface area contributed by atoms with E-state index in [4.69, 9.17) is 10.5 Å². The molecule has 0 aliphatic heterocycles. The number of nitrogens with one attached hydrogen (secondary N) is 1. The van der Waals surface area contributed by atoms with Crippen LogP contribution in [0.2, 0.25) is 0 Å². The average molecular weight is 275 g/mol. The van der Waals surface area contributed by atoms with E-state index in [0.29, 0.717) is 30.0 Å². The molecule has 4 atom stereocenters. The van der Waals surface area contributed by atoms with Gasteiger partial charge in [0.05, 0.1) is 12.5 Å². The number of nitrogens with two attached hydrogens (primary N) is 1. The molecular formula is C15H21N3O2. The minimum Gasteiger partial charge on any atom is -0.476 e. The molecule has 1 aromatic heterocycles. The summed E-state index contributed by atoms with van der Waals surface area (Å²) < 4.78 is 5.43. The largest absolute Gasteiger partial charge is 0.476 e. The van der Waals surface area contributed by atoms with Crippen LogP contribution in [-0.4, -0.2) is 23.5 Å². The second kappa shape index (κ2) is 5.40. The van der Waals surface area contributed by atoms with Crippen molar-refractivity contribution in [3.05, 3.63) is 18.3 Å². The van der Waals surface area contributed by atoms with E-state index in [0.717, 1.165) is 12.8 Å². The fraction of sp³-hybridized carbons (Fsp3) is 0.600. The number of amides is 1. The van der Waals surface area contributed by atoms with Gasteiger partial charge in [-0.1, -0.05) is 0 Å². The molecule has 2 saturated carbocycles. The number of nitrogens with zero attached hydrogens (tertiary/aromatic N) is 1. The first-order valence-corrected chi connectivity index (χ1v) is 7.35. The minimum atomic E-state index is -0.0663. The van der Waals surface area contributed by atoms with Gasteiger partial charge in [-0.25, -0.2) is 4.98 Å². The molecule has 0 saturated heterocycles. The summed E-state index contributed by atoms with van der Waals surface area (Å²) in [7, 11) is 0. The zero-order valence-electron chi connectivity index (χ0n) is 11.7. The van der Waals surface area contributed by atoms with Gasteiger partial charge in [0.2, 0.25) is 11.8 Å². The Bertz CT molecular complexity index is 504. The normalized spacial score (nSPS) is 31.3. The fourth-order valence-corrected chi connectivity index (χ4v) is 3.68. The third-order valence-electron chi connectivity index (χ3n) is 4.59. The van der Waals surface area contributed by atoms with E-state index in [1.54, 1.807) is 12.3 Å². The van der Waals surface area contributed by atoms with Gasteiger partial charge in [-0.3, -0.25) is 4.79 Å². The van der Waals surface area contributed by atoms with E-state index in [2.05, 4.69) is 10.3 Å². The highest BCUT2D eigenvalue weighted by Crippen LogP contribution is 2.48. The molecule has 5 nitrogen and oxygen atoms in total. The van der Waals surface area contributed by atoms with E-state index < -0.39 is 0 Å². The van der Waals surface area contributed by atoms with Crippen molar-refractivity contribution in [1.82, 2.24) is 4.98 Å². The molecule has 1 aromatic rings. The zero-order valence-corrected chi connectivity index (χ0v) is 11.7. The van der Waals surface area contributed by atoms with E-state index in [-0.39, 0.29) is 17.9 Å². The van der Waals surface area contributed by atoms with Crippen molar-refractivity contribution in [2.45, 2.75) is 32.2 Å². The summed E-state index contributed by atoms with van der Waals surface area (Å²) in [5.74, 6) is 1.39. The Kier molecular flexibility index (Phi) is 3.61. The summed E-state index contributed by atoms with van der Waals surface area (Å²) in [5.41, 5.74) is 6.84. The maximum atomic E-state index is 12.5. The summed E-state index contributed by atoms with van der Waals surface area (Å²) in [6, 6.07) is 3.61. The molecule has 20 heavy (non-hydrogen) atoms. The number of carbonyl (C=O) groups is 1. The molecule has 1 amide bonds. The summed E-state index contributed by atoms with van der Waals surface area (Å²) in [6.07, 6.45) is 5.06. The SMILES string of the molecule is CCOc1ncccc1NC(=O)C1C2CCC(C2)C1N. The lowest BCUT2D eigenvalue weighted by Crippen LogP contribution is -2.42. The Hall–Kier alpha value is -1.62. The quantitative estimate of drug-likeness (QED) is 0.878. The Balaban J connectivity index is 1.73. The smallest absolute Gasteiger partial charge is 0.237 e. The minimum absolute atomic E-state index is 0.000893. The molecular weight excluding hydrogens is 254 g/mol. The molecule has 0 aromatic carbocycles. The van der Waals surface area contributed by atoms with Gasteiger partial charge in [-0.05, 0) is 50.2 Å². The summed E-state index contributed by atoms with van der Waals surface area (Å²) >= 11 is 0. The van der Waals surface area contributed by atoms with Gasteiger partial charge in [-0.15, -0.1) is 0 Å². The molecule has 2 aliphatic carbocycles. The Morgan fingerprint density at radius 3 is 3.00 bits per heavy atom. The van der Waals surface area contributed by atoms with Crippen molar-refractivity contribution in [2.24, 2.45) is 23.5 Å². The van der Waals surface area contributed by atoms with Gasteiger partial charge in [0.15, 0.2) is 0 Å². The summed E-state index contributed by atoms with van der Waals surface area (Å²) in [6.45, 7) is 2.42. The first-order valence-electron chi connectivity index (χ1n) is 7.35. The number of ether oxygens (including phenoxy) is 1. The van der Waals surface area contributed by atoms with Crippen molar-refractivity contribution in [2.75, 3.05) is 11.9 Å². The molecule has 1 heterocycles. The van der Waals surface area contributed by atoms with Gasteiger partial charge in [-0.2, -0.15) is 0 Å². The van der Waals surface area contributed by atoms with Crippen LogP contribution >= 0.6 is 0 Å². The van der Waals surface area contributed by atoms with Crippen molar-refractivity contribution in [3.8, 4) is 5.88 Å². The van der Waals surface area contributed by atoms with Gasteiger partial charge >= 0.3 is 0 Å². The molecule has 3 rings (SSSR count). The standard InChI is InChI=1S/C15H21N3O2/c1-2-20-15-11(4-3-7-17-15)18-14(19)12-9-5-6-10(8-9)13(12)16/h3-4,7,9-10,12-13H,2,5-6,8,16H2,1H3,(H,18,19). The first kappa shape index (κ1) is 13.4. The van der Waals surface area contributed by atoms with Crippen LogP contribution in [0.5, 0.6) is 5.88 Å². The predicted molar refractivity (Wildman–Crippen MR) is 76.3 cm³/mol. The van der Waals surface area contributed by atoms with E-state index >= 15 is 0 Å². The number of carbonyl (C=O) groups excluding carboxylic acids is 1. The molecule has 108 valence electrons. The third-order valence-corrected chi connectivity index (χ3v) is 4.59. The van der Waals surface area contributed by atoms with Crippen LogP contribution in [0.25, 0.3) is 0 Å². The first-order chi connectivity index (χ1) is 9.70. The number of hydrogen-bond donors (Lipinski definition) is 2. The maximum Gasteiger partial charge on any atom is 0.237 e. The van der Waals surface area contributed by atoms with Gasteiger partial charge < -0.3 is 15.8 Å². The van der Waals surface area contributed by atoms with Crippen LogP contribution in [0.4, 0.5) is 5.69 Å². The maximum absolute atomic E-state index is 12.5. The van der Waals surface area contributed by atoms with Crippen LogP contribution in [0.15, 0.2) is 18.3 Å². The molecule has 0 radical (unpaired) electrons. The highest BCUT2D eigenvalue weighted by Gasteiger charge is 2.49. The highest BCUT2D eigenvalue weighted by molar-refractivity contribution is 5.94. The van der Waals surface area contributed by atoms with Crippen LogP contribution in [-0.2, 0) is 4.79 Å². The molecule has 2 aliphatic rings. The zero-order chi connectivity index (χ0) is 14.1. The van der Waals surface area contributed by atoms with Crippen LogP contribution < -0.4 is 15.8 Å². The second-order valence-electron chi connectivity index (χ2n) is 5.71. The van der Waals surface area contributed by atoms with Crippen molar-refractivity contribution >= 4 is 11.6 Å². The van der Waals surface area contributed by atoms with Crippen molar-refractivity contribution in [3.63, 3.8) is 0 Å². The van der Waals surface area contributed by atoms with Gasteiger partial charge in [0.25, 0.3) is 0 Å². The van der Waals surface area contributed by atoms with E-state index in [1.165, 1.54) is 6.42 Å². The number of hydrogen-bond acceptors (Lipinski definition) is 4. The van der Waals surface area contributed by atoms with Gasteiger partial charge in [0, 0.05) is 12.2 Å². The molecule has 2 fully saturated rings. The van der Waals surface area contributed by atoms with E-state index in [1.807, 2.05) is 13.0 Å². The molecule has 4 unspecified atom stereocenters. The molecule has 3 N–H and O–H groups in total.